The number of hydrogen-bond donors (Lipinski definition) is 2. The third-order valence-electron chi connectivity index (χ3n) is 3.90. The third kappa shape index (κ3) is 4.29. The number of hydrogen-bond acceptors (Lipinski definition) is 3. The maximum atomic E-state index is 12.1. The number of nitrogens with one attached hydrogen (secondary N) is 2. The number of anilines is 1. The molecule has 1 aromatic carbocycles. The second kappa shape index (κ2) is 7.22. The Labute approximate surface area is 125 Å². The van der Waals surface area contributed by atoms with E-state index in [1.807, 2.05) is 13.0 Å². The summed E-state index contributed by atoms with van der Waals surface area (Å²) >= 11 is 0. The molecule has 2 N–H and O–H groups in total. The van der Waals surface area contributed by atoms with Crippen molar-refractivity contribution in [2.24, 2.45) is 0 Å². The molecule has 0 saturated carbocycles. The van der Waals surface area contributed by atoms with Crippen LogP contribution in [0.15, 0.2) is 18.2 Å². The molecule has 0 aliphatic carbocycles. The van der Waals surface area contributed by atoms with Gasteiger partial charge in [-0.25, -0.2) is 4.79 Å². The van der Waals surface area contributed by atoms with Crippen LogP contribution in [0.4, 0.5) is 5.69 Å². The summed E-state index contributed by atoms with van der Waals surface area (Å²) < 4.78 is 4.70. The number of carbonyl (C=O) groups is 2. The highest BCUT2D eigenvalue weighted by molar-refractivity contribution is 5.95. The third-order valence-corrected chi connectivity index (χ3v) is 3.90. The molecule has 1 aliphatic rings. The molecule has 1 amide bonds. The molecular weight excluding hydrogens is 268 g/mol. The number of amides is 1. The number of piperidine rings is 1. The molecule has 2 rings (SSSR count). The van der Waals surface area contributed by atoms with Gasteiger partial charge in [-0.05, 0) is 43.9 Å². The zero-order valence-electron chi connectivity index (χ0n) is 12.7. The van der Waals surface area contributed by atoms with Crippen LogP contribution in [0.5, 0.6) is 0 Å². The lowest BCUT2D eigenvalue weighted by Gasteiger charge is -2.23. The van der Waals surface area contributed by atoms with Crippen LogP contribution in [0.1, 0.15) is 35.2 Å². The Bertz CT molecular complexity index is 522. The lowest BCUT2D eigenvalue weighted by atomic mass is 10.1. The van der Waals surface area contributed by atoms with E-state index in [0.29, 0.717) is 17.8 Å². The summed E-state index contributed by atoms with van der Waals surface area (Å²) in [5.41, 5.74) is 2.06. The Morgan fingerprint density at radius 2 is 1.95 bits per heavy atom. The molecule has 1 aromatic rings. The van der Waals surface area contributed by atoms with E-state index >= 15 is 0 Å². The Morgan fingerprint density at radius 1 is 1.24 bits per heavy atom. The minimum atomic E-state index is -0.396. The van der Waals surface area contributed by atoms with Crippen molar-refractivity contribution in [2.45, 2.75) is 26.2 Å². The Balaban J connectivity index is 2.00. The van der Waals surface area contributed by atoms with Gasteiger partial charge in [-0.2, -0.15) is 0 Å². The highest BCUT2D eigenvalue weighted by Gasteiger charge is 2.18. The average molecular weight is 291 g/mol. The molecule has 21 heavy (non-hydrogen) atoms. The number of methoxy groups -OCH3 is 1. The molecule has 0 unspecified atom stereocenters. The van der Waals surface area contributed by atoms with Gasteiger partial charge >= 0.3 is 5.97 Å². The monoisotopic (exact) mass is 291 g/mol. The van der Waals surface area contributed by atoms with Gasteiger partial charge in [0.05, 0.1) is 25.8 Å². The molecule has 0 radical (unpaired) electrons. The first kappa shape index (κ1) is 15.5. The van der Waals surface area contributed by atoms with Crippen molar-refractivity contribution < 1.29 is 19.2 Å². The van der Waals surface area contributed by atoms with Gasteiger partial charge in [-0.1, -0.05) is 6.07 Å². The average Bonchev–Trinajstić information content (AvgIpc) is 2.49. The van der Waals surface area contributed by atoms with Gasteiger partial charge in [0.25, 0.3) is 5.91 Å². The molecule has 114 valence electrons. The van der Waals surface area contributed by atoms with Crippen LogP contribution in [0.2, 0.25) is 0 Å². The number of ether oxygens (including phenoxy) is 1. The fraction of sp³-hybridized carbons (Fsp3) is 0.500. The Hall–Kier alpha value is -1.88. The number of likely N-dealkylation sites (tertiary alicyclic amines) is 1. The van der Waals surface area contributed by atoms with Crippen LogP contribution in [0, 0.1) is 6.92 Å². The van der Waals surface area contributed by atoms with Crippen molar-refractivity contribution in [3.63, 3.8) is 0 Å². The number of quaternary nitrogens is 1. The van der Waals surface area contributed by atoms with E-state index in [4.69, 9.17) is 4.74 Å². The second-order valence-electron chi connectivity index (χ2n) is 5.56. The largest absolute Gasteiger partial charge is 0.465 e. The zero-order valence-corrected chi connectivity index (χ0v) is 12.7. The minimum Gasteiger partial charge on any atom is -0.465 e. The summed E-state index contributed by atoms with van der Waals surface area (Å²) in [7, 11) is 1.35. The van der Waals surface area contributed by atoms with Crippen molar-refractivity contribution in [2.75, 3.05) is 32.1 Å². The summed E-state index contributed by atoms with van der Waals surface area (Å²) in [4.78, 5) is 25.0. The molecule has 1 heterocycles. The van der Waals surface area contributed by atoms with E-state index in [2.05, 4.69) is 5.32 Å². The van der Waals surface area contributed by atoms with E-state index in [1.54, 1.807) is 12.1 Å². The first-order valence-corrected chi connectivity index (χ1v) is 7.42. The SMILES string of the molecule is COC(=O)c1ccc(C)c(NC(=O)C[NH+]2CCCCC2)c1. The summed E-state index contributed by atoms with van der Waals surface area (Å²) in [6.45, 7) is 4.52. The van der Waals surface area contributed by atoms with Gasteiger partial charge < -0.3 is 15.0 Å². The summed E-state index contributed by atoms with van der Waals surface area (Å²) in [5.74, 6) is -0.399. The van der Waals surface area contributed by atoms with Crippen LogP contribution < -0.4 is 10.2 Å². The number of benzene rings is 1. The molecule has 0 spiro atoms. The first-order chi connectivity index (χ1) is 10.1. The Kier molecular flexibility index (Phi) is 5.33. The number of rotatable bonds is 4. The molecule has 5 nitrogen and oxygen atoms in total. The zero-order chi connectivity index (χ0) is 15.2. The van der Waals surface area contributed by atoms with E-state index < -0.39 is 5.97 Å². The van der Waals surface area contributed by atoms with E-state index in [-0.39, 0.29) is 5.91 Å². The van der Waals surface area contributed by atoms with Gasteiger partial charge in [0.2, 0.25) is 0 Å². The predicted molar refractivity (Wildman–Crippen MR) is 80.6 cm³/mol. The molecule has 1 aliphatic heterocycles. The van der Waals surface area contributed by atoms with Gasteiger partial charge in [0.15, 0.2) is 6.54 Å². The molecule has 1 saturated heterocycles. The number of carbonyl (C=O) groups excluding carboxylic acids is 2. The lowest BCUT2D eigenvalue weighted by molar-refractivity contribution is -0.896. The second-order valence-corrected chi connectivity index (χ2v) is 5.56. The molecule has 1 fully saturated rings. The number of esters is 1. The molecule has 0 bridgehead atoms. The van der Waals surface area contributed by atoms with Crippen LogP contribution >= 0.6 is 0 Å². The van der Waals surface area contributed by atoms with E-state index in [0.717, 1.165) is 18.7 Å². The van der Waals surface area contributed by atoms with E-state index in [9.17, 15) is 9.59 Å². The normalized spacial score (nSPS) is 15.5. The maximum absolute atomic E-state index is 12.1. The standard InChI is InChI=1S/C16H22N2O3/c1-12-6-7-13(16(20)21-2)10-14(12)17-15(19)11-18-8-4-3-5-9-18/h6-7,10H,3-5,8-9,11H2,1-2H3,(H,17,19)/p+1. The maximum Gasteiger partial charge on any atom is 0.337 e. The van der Waals surface area contributed by atoms with Crippen LogP contribution in [-0.2, 0) is 9.53 Å². The van der Waals surface area contributed by atoms with Crippen molar-refractivity contribution in [3.8, 4) is 0 Å². The quantitative estimate of drug-likeness (QED) is 0.806. The van der Waals surface area contributed by atoms with Crippen molar-refractivity contribution in [1.82, 2.24) is 0 Å². The summed E-state index contributed by atoms with van der Waals surface area (Å²) in [6, 6.07) is 5.19. The van der Waals surface area contributed by atoms with Gasteiger partial charge in [0, 0.05) is 5.69 Å². The molecule has 5 heteroatoms. The van der Waals surface area contributed by atoms with Crippen molar-refractivity contribution >= 4 is 17.6 Å². The predicted octanol–water partition coefficient (Wildman–Crippen LogP) is 0.789. The molecule has 0 aromatic heterocycles. The first-order valence-electron chi connectivity index (χ1n) is 7.42. The summed E-state index contributed by atoms with van der Waals surface area (Å²) in [5, 5.41) is 2.91. The lowest BCUT2D eigenvalue weighted by Crippen LogP contribution is -3.13. The highest BCUT2D eigenvalue weighted by atomic mass is 16.5. The summed E-state index contributed by atoms with van der Waals surface area (Å²) in [6.07, 6.45) is 3.66. The topological polar surface area (TPSA) is 59.8 Å². The smallest absolute Gasteiger partial charge is 0.337 e. The van der Waals surface area contributed by atoms with Gasteiger partial charge in [0.1, 0.15) is 0 Å². The van der Waals surface area contributed by atoms with Crippen LogP contribution in [0.3, 0.4) is 0 Å². The highest BCUT2D eigenvalue weighted by Crippen LogP contribution is 2.17. The van der Waals surface area contributed by atoms with Crippen LogP contribution in [0.25, 0.3) is 0 Å². The van der Waals surface area contributed by atoms with Gasteiger partial charge in [-0.15, -0.1) is 0 Å². The van der Waals surface area contributed by atoms with Crippen molar-refractivity contribution in [1.29, 1.82) is 0 Å². The fourth-order valence-corrected chi connectivity index (χ4v) is 2.65. The molecular formula is C16H23N2O3+. The van der Waals surface area contributed by atoms with Crippen LogP contribution in [-0.4, -0.2) is 38.6 Å². The van der Waals surface area contributed by atoms with E-state index in [1.165, 1.54) is 31.3 Å². The number of aryl methyl sites for hydroxylation is 1. The molecule has 0 atom stereocenters. The minimum absolute atomic E-state index is 0.00276. The Morgan fingerprint density at radius 3 is 2.62 bits per heavy atom. The van der Waals surface area contributed by atoms with Gasteiger partial charge in [-0.3, -0.25) is 4.79 Å². The fourth-order valence-electron chi connectivity index (χ4n) is 2.65. The van der Waals surface area contributed by atoms with Crippen molar-refractivity contribution in [3.05, 3.63) is 29.3 Å².